The number of nitriles is 1. The summed E-state index contributed by atoms with van der Waals surface area (Å²) in [6, 6.07) is 2.03. The fraction of sp³-hybridized carbons (Fsp3) is 0.545. The lowest BCUT2D eigenvalue weighted by atomic mass is 10.1. The van der Waals surface area contributed by atoms with E-state index in [1.807, 2.05) is 6.07 Å². The van der Waals surface area contributed by atoms with Gasteiger partial charge in [-0.1, -0.05) is 12.8 Å². The average Bonchev–Trinajstić information content (AvgIpc) is 2.79. The van der Waals surface area contributed by atoms with Gasteiger partial charge in [-0.25, -0.2) is 9.97 Å². The minimum atomic E-state index is 0.385. The minimum Gasteiger partial charge on any atom is -0.367 e. The van der Waals surface area contributed by atoms with E-state index in [-0.39, 0.29) is 0 Å². The van der Waals surface area contributed by atoms with Crippen molar-refractivity contribution in [1.29, 1.82) is 5.26 Å². The van der Waals surface area contributed by atoms with Crippen LogP contribution in [0.5, 0.6) is 0 Å². The predicted molar refractivity (Wildman–Crippen MR) is 57.2 cm³/mol. The largest absolute Gasteiger partial charge is 0.367 e. The molecule has 1 fully saturated rings. The summed E-state index contributed by atoms with van der Waals surface area (Å²) in [5, 5.41) is 12.0. The van der Waals surface area contributed by atoms with Gasteiger partial charge in [0.15, 0.2) is 11.5 Å². The van der Waals surface area contributed by atoms with E-state index in [1.165, 1.54) is 25.7 Å². The fourth-order valence-electron chi connectivity index (χ4n) is 2.00. The summed E-state index contributed by atoms with van der Waals surface area (Å²) in [6.45, 7) is 0.910. The molecule has 0 saturated heterocycles. The number of rotatable bonds is 3. The van der Waals surface area contributed by atoms with Gasteiger partial charge in [0.05, 0.1) is 0 Å². The van der Waals surface area contributed by atoms with Crippen LogP contribution >= 0.6 is 0 Å². The Kier molecular flexibility index (Phi) is 3.13. The van der Waals surface area contributed by atoms with Crippen LogP contribution in [0.2, 0.25) is 0 Å². The van der Waals surface area contributed by atoms with Gasteiger partial charge in [0.2, 0.25) is 0 Å². The van der Waals surface area contributed by atoms with E-state index in [0.29, 0.717) is 11.5 Å². The van der Waals surface area contributed by atoms with Gasteiger partial charge in [-0.15, -0.1) is 0 Å². The van der Waals surface area contributed by atoms with E-state index < -0.39 is 0 Å². The maximum absolute atomic E-state index is 8.82. The molecular weight excluding hydrogens is 188 g/mol. The topological polar surface area (TPSA) is 61.6 Å². The molecule has 0 amide bonds. The van der Waals surface area contributed by atoms with Crippen LogP contribution in [-0.2, 0) is 0 Å². The Labute approximate surface area is 89.4 Å². The highest BCUT2D eigenvalue weighted by Gasteiger charge is 2.15. The van der Waals surface area contributed by atoms with Crippen molar-refractivity contribution in [3.8, 4) is 6.07 Å². The molecule has 0 unspecified atom stereocenters. The van der Waals surface area contributed by atoms with Crippen molar-refractivity contribution >= 4 is 5.82 Å². The summed E-state index contributed by atoms with van der Waals surface area (Å²) in [7, 11) is 0. The molecule has 0 bridgehead atoms. The number of aromatic nitrogens is 2. The van der Waals surface area contributed by atoms with E-state index in [2.05, 4.69) is 15.3 Å². The third kappa shape index (κ3) is 2.44. The van der Waals surface area contributed by atoms with E-state index in [4.69, 9.17) is 5.26 Å². The lowest BCUT2D eigenvalue weighted by Gasteiger charge is -2.10. The second-order valence-electron chi connectivity index (χ2n) is 3.90. The average molecular weight is 202 g/mol. The number of nitrogens with zero attached hydrogens (tertiary/aromatic N) is 3. The van der Waals surface area contributed by atoms with Crippen molar-refractivity contribution in [1.82, 2.24) is 9.97 Å². The van der Waals surface area contributed by atoms with Gasteiger partial charge in [-0.2, -0.15) is 5.26 Å². The van der Waals surface area contributed by atoms with Crippen LogP contribution in [0.3, 0.4) is 0 Å². The second kappa shape index (κ2) is 4.74. The molecule has 1 aromatic rings. The summed E-state index contributed by atoms with van der Waals surface area (Å²) < 4.78 is 0. The van der Waals surface area contributed by atoms with Crippen molar-refractivity contribution in [3.05, 3.63) is 18.1 Å². The Morgan fingerprint density at radius 3 is 2.80 bits per heavy atom. The van der Waals surface area contributed by atoms with Crippen LogP contribution in [0.15, 0.2) is 12.4 Å². The second-order valence-corrected chi connectivity index (χ2v) is 3.90. The van der Waals surface area contributed by atoms with Crippen LogP contribution in [0.1, 0.15) is 31.4 Å². The number of nitrogens with one attached hydrogen (secondary N) is 1. The van der Waals surface area contributed by atoms with Crippen molar-refractivity contribution < 1.29 is 0 Å². The Bertz CT molecular complexity index is 363. The highest BCUT2D eigenvalue weighted by Crippen LogP contribution is 2.24. The summed E-state index contributed by atoms with van der Waals surface area (Å²) in [5.74, 6) is 1.35. The molecule has 0 atom stereocenters. The molecule has 1 saturated carbocycles. The van der Waals surface area contributed by atoms with Crippen LogP contribution < -0.4 is 5.32 Å². The smallest absolute Gasteiger partial charge is 0.182 e. The van der Waals surface area contributed by atoms with Crippen molar-refractivity contribution in [3.63, 3.8) is 0 Å². The van der Waals surface area contributed by atoms with Gasteiger partial charge in [0, 0.05) is 18.9 Å². The molecule has 0 spiro atoms. The lowest BCUT2D eigenvalue weighted by Crippen LogP contribution is -2.13. The zero-order valence-electron chi connectivity index (χ0n) is 8.61. The number of hydrogen-bond acceptors (Lipinski definition) is 4. The zero-order valence-corrected chi connectivity index (χ0v) is 8.61. The highest BCUT2D eigenvalue weighted by atomic mass is 15.0. The molecule has 4 heteroatoms. The van der Waals surface area contributed by atoms with Crippen LogP contribution in [0.25, 0.3) is 0 Å². The monoisotopic (exact) mass is 202 g/mol. The van der Waals surface area contributed by atoms with Gasteiger partial charge in [0.1, 0.15) is 6.07 Å². The summed E-state index contributed by atoms with van der Waals surface area (Å²) in [4.78, 5) is 8.07. The molecule has 1 aromatic heterocycles. The minimum absolute atomic E-state index is 0.385. The van der Waals surface area contributed by atoms with E-state index in [9.17, 15) is 0 Å². The quantitative estimate of drug-likeness (QED) is 0.813. The van der Waals surface area contributed by atoms with Gasteiger partial charge < -0.3 is 5.32 Å². The molecule has 0 aliphatic heterocycles. The maximum atomic E-state index is 8.82. The Balaban J connectivity index is 1.95. The molecule has 78 valence electrons. The van der Waals surface area contributed by atoms with Crippen molar-refractivity contribution in [2.45, 2.75) is 25.7 Å². The summed E-state index contributed by atoms with van der Waals surface area (Å²) in [6.07, 6.45) is 8.39. The molecule has 15 heavy (non-hydrogen) atoms. The molecule has 4 nitrogen and oxygen atoms in total. The van der Waals surface area contributed by atoms with Crippen LogP contribution in [-0.4, -0.2) is 16.5 Å². The van der Waals surface area contributed by atoms with Crippen LogP contribution in [0.4, 0.5) is 5.82 Å². The maximum Gasteiger partial charge on any atom is 0.182 e. The SMILES string of the molecule is N#Cc1nccnc1NCC1CCCC1. The Morgan fingerprint density at radius 2 is 2.07 bits per heavy atom. The molecule has 1 N–H and O–H groups in total. The molecule has 2 rings (SSSR count). The standard InChI is InChI=1S/C11H14N4/c12-7-10-11(14-6-5-13-10)15-8-9-3-1-2-4-9/h5-6,9H,1-4,8H2,(H,14,15). The Morgan fingerprint density at radius 1 is 1.33 bits per heavy atom. The van der Waals surface area contributed by atoms with Gasteiger partial charge in [-0.05, 0) is 18.8 Å². The van der Waals surface area contributed by atoms with Gasteiger partial charge in [0.25, 0.3) is 0 Å². The van der Waals surface area contributed by atoms with Crippen LogP contribution in [0, 0.1) is 17.2 Å². The number of anilines is 1. The van der Waals surface area contributed by atoms with Crippen molar-refractivity contribution in [2.75, 3.05) is 11.9 Å². The summed E-state index contributed by atoms with van der Waals surface area (Å²) in [5.41, 5.74) is 0.385. The van der Waals surface area contributed by atoms with E-state index >= 15 is 0 Å². The normalized spacial score (nSPS) is 16.2. The van der Waals surface area contributed by atoms with Gasteiger partial charge >= 0.3 is 0 Å². The molecule has 1 heterocycles. The first-order valence-electron chi connectivity index (χ1n) is 5.35. The fourth-order valence-corrected chi connectivity index (χ4v) is 2.00. The molecule has 0 aromatic carbocycles. The Hall–Kier alpha value is -1.63. The first-order valence-corrected chi connectivity index (χ1v) is 5.35. The van der Waals surface area contributed by atoms with Crippen molar-refractivity contribution in [2.24, 2.45) is 5.92 Å². The third-order valence-electron chi connectivity index (χ3n) is 2.84. The predicted octanol–water partition coefficient (Wildman–Crippen LogP) is 1.95. The lowest BCUT2D eigenvalue weighted by molar-refractivity contribution is 0.578. The third-order valence-corrected chi connectivity index (χ3v) is 2.84. The zero-order chi connectivity index (χ0) is 10.5. The molecule has 1 aliphatic carbocycles. The van der Waals surface area contributed by atoms with E-state index in [1.54, 1.807) is 12.4 Å². The van der Waals surface area contributed by atoms with E-state index in [0.717, 1.165) is 12.5 Å². The number of hydrogen-bond donors (Lipinski definition) is 1. The first-order chi connectivity index (χ1) is 7.40. The molecule has 1 aliphatic rings. The highest BCUT2D eigenvalue weighted by molar-refractivity contribution is 5.46. The molecular formula is C11H14N4. The van der Waals surface area contributed by atoms with Gasteiger partial charge in [-0.3, -0.25) is 0 Å². The summed E-state index contributed by atoms with van der Waals surface area (Å²) >= 11 is 0. The first kappa shape index (κ1) is 9.91. The molecule has 0 radical (unpaired) electrons.